The minimum atomic E-state index is -3.76. The zero-order valence-corrected chi connectivity index (χ0v) is 17.4. The molecule has 7 heteroatoms. The molecule has 0 aliphatic carbocycles. The quantitative estimate of drug-likeness (QED) is 0.684. The van der Waals surface area contributed by atoms with Crippen LogP contribution in [0.25, 0.3) is 11.1 Å². The van der Waals surface area contributed by atoms with Crippen LogP contribution in [0.2, 0.25) is 0 Å². The Labute approximate surface area is 180 Å². The number of piperazine rings is 1. The highest BCUT2D eigenvalue weighted by molar-refractivity contribution is 7.89. The van der Waals surface area contributed by atoms with Gasteiger partial charge in [-0.25, -0.2) is 12.8 Å². The molecule has 2 aliphatic rings. The molecule has 156 valence electrons. The lowest BCUT2D eigenvalue weighted by atomic mass is 9.74. The van der Waals surface area contributed by atoms with E-state index in [4.69, 9.17) is 5.26 Å². The van der Waals surface area contributed by atoms with Crippen molar-refractivity contribution in [1.29, 1.82) is 5.26 Å². The van der Waals surface area contributed by atoms with Gasteiger partial charge in [0, 0.05) is 31.1 Å². The first-order chi connectivity index (χ1) is 15.0. The van der Waals surface area contributed by atoms with Crippen LogP contribution in [0, 0.1) is 17.1 Å². The molecule has 0 saturated carbocycles. The summed E-state index contributed by atoms with van der Waals surface area (Å²) in [6.07, 6.45) is 0. The average Bonchev–Trinajstić information content (AvgIpc) is 2.80. The number of nitriles is 1. The molecule has 2 saturated heterocycles. The number of fused-ring (bicyclic) bond motifs is 2. The molecule has 2 fully saturated rings. The maximum Gasteiger partial charge on any atom is 0.243 e. The highest BCUT2D eigenvalue weighted by atomic mass is 32.2. The van der Waals surface area contributed by atoms with E-state index < -0.39 is 15.8 Å². The van der Waals surface area contributed by atoms with Gasteiger partial charge in [-0.05, 0) is 47.0 Å². The van der Waals surface area contributed by atoms with Crippen LogP contribution in [0.4, 0.5) is 4.39 Å². The summed E-state index contributed by atoms with van der Waals surface area (Å²) in [5.74, 6) is -0.471. The summed E-state index contributed by atoms with van der Waals surface area (Å²) >= 11 is 0. The molecule has 31 heavy (non-hydrogen) atoms. The highest BCUT2D eigenvalue weighted by Gasteiger charge is 2.56. The highest BCUT2D eigenvalue weighted by Crippen LogP contribution is 2.46. The molecule has 0 amide bonds. The van der Waals surface area contributed by atoms with Crippen molar-refractivity contribution in [2.24, 2.45) is 0 Å². The number of piperidine rings is 1. The van der Waals surface area contributed by atoms with E-state index in [1.54, 1.807) is 6.07 Å². The maximum absolute atomic E-state index is 13.6. The van der Waals surface area contributed by atoms with Gasteiger partial charge in [0.1, 0.15) is 5.82 Å². The van der Waals surface area contributed by atoms with Crippen LogP contribution in [0.5, 0.6) is 0 Å². The fraction of sp³-hybridized carbons (Fsp3) is 0.208. The Morgan fingerprint density at radius 1 is 0.935 bits per heavy atom. The third-order valence-corrected chi connectivity index (χ3v) is 8.13. The SMILES string of the molecule is N#Cc1cccc(-c2ccc(C3[C@H]4CNC[C@@H]3N4S(=O)(=O)c3cccc(F)c3)cc2)c1. The zero-order chi connectivity index (χ0) is 21.6. The molecule has 5 nitrogen and oxygen atoms in total. The fourth-order valence-electron chi connectivity index (χ4n) is 4.75. The number of nitrogens with zero attached hydrogens (tertiary/aromatic N) is 2. The van der Waals surface area contributed by atoms with Crippen molar-refractivity contribution in [3.63, 3.8) is 0 Å². The Bertz CT molecular complexity index is 1270. The zero-order valence-electron chi connectivity index (χ0n) is 16.6. The van der Waals surface area contributed by atoms with Crippen LogP contribution in [-0.2, 0) is 10.0 Å². The predicted molar refractivity (Wildman–Crippen MR) is 115 cm³/mol. The molecule has 3 atom stereocenters. The van der Waals surface area contributed by atoms with Gasteiger partial charge in [-0.3, -0.25) is 0 Å². The third kappa shape index (κ3) is 3.33. The van der Waals surface area contributed by atoms with E-state index in [2.05, 4.69) is 11.4 Å². The Balaban J connectivity index is 1.42. The van der Waals surface area contributed by atoms with Crippen LogP contribution >= 0.6 is 0 Å². The van der Waals surface area contributed by atoms with Crippen molar-refractivity contribution in [2.75, 3.05) is 13.1 Å². The van der Waals surface area contributed by atoms with E-state index in [9.17, 15) is 12.8 Å². The summed E-state index contributed by atoms with van der Waals surface area (Å²) in [7, 11) is -3.76. The van der Waals surface area contributed by atoms with Crippen molar-refractivity contribution in [1.82, 2.24) is 9.62 Å². The maximum atomic E-state index is 13.6. The van der Waals surface area contributed by atoms with Gasteiger partial charge < -0.3 is 5.32 Å². The molecule has 0 radical (unpaired) electrons. The second-order valence-corrected chi connectivity index (χ2v) is 9.77. The van der Waals surface area contributed by atoms with E-state index in [1.807, 2.05) is 42.5 Å². The third-order valence-electron chi connectivity index (χ3n) is 6.18. The molecule has 5 rings (SSSR count). The summed E-state index contributed by atoms with van der Waals surface area (Å²) < 4.78 is 41.5. The van der Waals surface area contributed by atoms with Gasteiger partial charge >= 0.3 is 0 Å². The standard InChI is InChI=1S/C24H20FN3O2S/c25-20-5-2-6-21(12-20)31(29,30)28-22-14-27-15-23(28)24(22)18-9-7-17(8-10-18)19-4-1-3-16(11-19)13-26/h1-12,22-24,27H,14-15H2/t22-,23+,24?. The van der Waals surface area contributed by atoms with Gasteiger partial charge in [-0.2, -0.15) is 9.57 Å². The van der Waals surface area contributed by atoms with Gasteiger partial charge in [-0.1, -0.05) is 42.5 Å². The number of benzene rings is 3. The summed E-state index contributed by atoms with van der Waals surface area (Å²) in [5, 5.41) is 12.4. The molecule has 3 aromatic carbocycles. The van der Waals surface area contributed by atoms with Crippen LogP contribution in [0.1, 0.15) is 17.0 Å². The Morgan fingerprint density at radius 3 is 2.32 bits per heavy atom. The van der Waals surface area contributed by atoms with E-state index >= 15 is 0 Å². The number of hydrogen-bond donors (Lipinski definition) is 1. The van der Waals surface area contributed by atoms with Crippen molar-refractivity contribution in [2.45, 2.75) is 22.9 Å². The van der Waals surface area contributed by atoms with Crippen LogP contribution < -0.4 is 5.32 Å². The van der Waals surface area contributed by atoms with E-state index in [0.717, 1.165) is 22.8 Å². The molecular formula is C24H20FN3O2S. The minimum Gasteiger partial charge on any atom is -0.313 e. The van der Waals surface area contributed by atoms with E-state index in [0.29, 0.717) is 18.7 Å². The first-order valence-corrected chi connectivity index (χ1v) is 11.5. The summed E-state index contributed by atoms with van der Waals surface area (Å²) in [6, 6.07) is 22.5. The lowest BCUT2D eigenvalue weighted by molar-refractivity contribution is 0.0370. The van der Waals surface area contributed by atoms with Crippen LogP contribution in [-0.4, -0.2) is 37.9 Å². The molecular weight excluding hydrogens is 413 g/mol. The topological polar surface area (TPSA) is 73.2 Å². The normalized spacial score (nSPS) is 23.0. The van der Waals surface area contributed by atoms with E-state index in [-0.39, 0.29) is 22.9 Å². The first kappa shape index (κ1) is 19.9. The smallest absolute Gasteiger partial charge is 0.243 e. The molecule has 0 spiro atoms. The van der Waals surface area contributed by atoms with Crippen molar-refractivity contribution >= 4 is 10.0 Å². The van der Waals surface area contributed by atoms with Gasteiger partial charge in [0.15, 0.2) is 0 Å². The molecule has 1 N–H and O–H groups in total. The van der Waals surface area contributed by atoms with Crippen molar-refractivity contribution in [3.05, 3.63) is 89.7 Å². The van der Waals surface area contributed by atoms with Crippen LogP contribution in [0.15, 0.2) is 77.7 Å². The monoisotopic (exact) mass is 433 g/mol. The summed E-state index contributed by atoms with van der Waals surface area (Å²) in [6.45, 7) is 1.11. The Kier molecular flexibility index (Phi) is 4.86. The van der Waals surface area contributed by atoms with Gasteiger partial charge in [0.05, 0.1) is 16.5 Å². The molecule has 1 unspecified atom stereocenters. The second-order valence-electron chi connectivity index (χ2n) is 7.93. The lowest BCUT2D eigenvalue weighted by Crippen LogP contribution is -2.73. The van der Waals surface area contributed by atoms with Gasteiger partial charge in [0.2, 0.25) is 10.0 Å². The number of rotatable bonds is 4. The van der Waals surface area contributed by atoms with Crippen molar-refractivity contribution < 1.29 is 12.8 Å². The molecule has 0 aromatic heterocycles. The van der Waals surface area contributed by atoms with Gasteiger partial charge in [0.25, 0.3) is 0 Å². The average molecular weight is 434 g/mol. The first-order valence-electron chi connectivity index (χ1n) is 10.1. The molecule has 3 aromatic rings. The number of hydrogen-bond acceptors (Lipinski definition) is 4. The lowest BCUT2D eigenvalue weighted by Gasteiger charge is -2.57. The van der Waals surface area contributed by atoms with Crippen molar-refractivity contribution in [3.8, 4) is 17.2 Å². The largest absolute Gasteiger partial charge is 0.313 e. The Hall–Kier alpha value is -3.05. The van der Waals surface area contributed by atoms with Gasteiger partial charge in [-0.15, -0.1) is 0 Å². The summed E-state index contributed by atoms with van der Waals surface area (Å²) in [5.41, 5.74) is 3.67. The minimum absolute atomic E-state index is 0.00410. The van der Waals surface area contributed by atoms with E-state index in [1.165, 1.54) is 22.5 Å². The fourth-order valence-corrected chi connectivity index (χ4v) is 6.63. The number of nitrogens with one attached hydrogen (secondary N) is 1. The molecule has 2 heterocycles. The second kappa shape index (κ2) is 7.57. The molecule has 2 aliphatic heterocycles. The predicted octanol–water partition coefficient (Wildman–Crippen LogP) is 3.49. The van der Waals surface area contributed by atoms with Crippen LogP contribution in [0.3, 0.4) is 0 Å². The summed E-state index contributed by atoms with van der Waals surface area (Å²) in [4.78, 5) is -0.00410. The number of halogens is 1. The number of sulfonamides is 1. The molecule has 2 bridgehead atoms. The Morgan fingerprint density at radius 2 is 1.65 bits per heavy atom.